The fraction of sp³-hybridized carbons (Fsp3) is 0.250. The number of benzene rings is 2. The summed E-state index contributed by atoms with van der Waals surface area (Å²) in [4.78, 5) is 15.9. The summed E-state index contributed by atoms with van der Waals surface area (Å²) < 4.78 is 5.25. The monoisotopic (exact) mass is 456 g/mol. The van der Waals surface area contributed by atoms with Crippen LogP contribution >= 0.6 is 46.4 Å². The smallest absolute Gasteiger partial charge is 0.323 e. The molecule has 0 fully saturated rings. The molecule has 0 unspecified atom stereocenters. The van der Waals surface area contributed by atoms with E-state index in [2.05, 4.69) is 10.3 Å². The Morgan fingerprint density at radius 2 is 1.86 bits per heavy atom. The van der Waals surface area contributed by atoms with Crippen LogP contribution in [-0.4, -0.2) is 23.6 Å². The number of hydrogen-bond acceptors (Lipinski definition) is 3. The average Bonchev–Trinajstić information content (AvgIpc) is 2.99. The molecule has 0 bridgehead atoms. The van der Waals surface area contributed by atoms with Gasteiger partial charge in [-0.2, -0.15) is 0 Å². The van der Waals surface area contributed by atoms with Crippen molar-refractivity contribution in [1.29, 1.82) is 0 Å². The van der Waals surface area contributed by atoms with E-state index in [1.165, 1.54) is 0 Å². The molecule has 0 spiro atoms. The van der Waals surface area contributed by atoms with E-state index in [1.54, 1.807) is 25.1 Å². The standard InChI is InChI=1S/C20H16Cl4N2O2/c1-2-28-20(27)17-7-12-11-6-14(23)15(24)8-16(11)25-19(12)18(26-17)10-4-3-9(21)5-13(10)22/h3-6,8,17-18,25-26H,2,7H2,1H3/t17-,18-/m0/s1. The van der Waals surface area contributed by atoms with Crippen LogP contribution in [0.2, 0.25) is 20.1 Å². The summed E-state index contributed by atoms with van der Waals surface area (Å²) in [6, 6.07) is 8.06. The lowest BCUT2D eigenvalue weighted by atomic mass is 9.90. The molecule has 28 heavy (non-hydrogen) atoms. The Bertz CT molecular complexity index is 1080. The van der Waals surface area contributed by atoms with Crippen LogP contribution in [-0.2, 0) is 16.0 Å². The van der Waals surface area contributed by atoms with Gasteiger partial charge in [0.15, 0.2) is 0 Å². The number of H-pyrrole nitrogens is 1. The normalized spacial score (nSPS) is 18.9. The van der Waals surface area contributed by atoms with Crippen molar-refractivity contribution in [1.82, 2.24) is 10.3 Å². The largest absolute Gasteiger partial charge is 0.465 e. The number of fused-ring (bicyclic) bond motifs is 3. The van der Waals surface area contributed by atoms with Crippen LogP contribution in [0.5, 0.6) is 0 Å². The average molecular weight is 458 g/mol. The Morgan fingerprint density at radius 1 is 1.11 bits per heavy atom. The minimum atomic E-state index is -0.516. The van der Waals surface area contributed by atoms with Crippen LogP contribution in [0.4, 0.5) is 0 Å². The highest BCUT2D eigenvalue weighted by Crippen LogP contribution is 2.40. The maximum Gasteiger partial charge on any atom is 0.323 e. The van der Waals surface area contributed by atoms with Gasteiger partial charge in [-0.25, -0.2) is 0 Å². The molecular weight excluding hydrogens is 442 g/mol. The maximum absolute atomic E-state index is 12.5. The third-order valence-corrected chi connectivity index (χ3v) is 6.17. The Hall–Kier alpha value is -1.43. The lowest BCUT2D eigenvalue weighted by molar-refractivity contribution is -0.146. The second-order valence-electron chi connectivity index (χ2n) is 6.60. The second kappa shape index (κ2) is 7.77. The summed E-state index contributed by atoms with van der Waals surface area (Å²) in [6.45, 7) is 2.10. The summed E-state index contributed by atoms with van der Waals surface area (Å²) in [6.07, 6.45) is 0.466. The van der Waals surface area contributed by atoms with Gasteiger partial charge in [0.25, 0.3) is 0 Å². The van der Waals surface area contributed by atoms with Crippen molar-refractivity contribution in [3.8, 4) is 0 Å². The second-order valence-corrected chi connectivity index (χ2v) is 8.26. The number of aromatic amines is 1. The maximum atomic E-state index is 12.5. The quantitative estimate of drug-likeness (QED) is 0.478. The van der Waals surface area contributed by atoms with E-state index in [4.69, 9.17) is 51.1 Å². The molecule has 3 aromatic rings. The highest BCUT2D eigenvalue weighted by molar-refractivity contribution is 6.42. The highest BCUT2D eigenvalue weighted by atomic mass is 35.5. The van der Waals surface area contributed by atoms with Crippen LogP contribution in [0.25, 0.3) is 10.9 Å². The number of aromatic nitrogens is 1. The molecule has 8 heteroatoms. The molecule has 1 aromatic heterocycles. The summed E-state index contributed by atoms with van der Waals surface area (Å²) in [5, 5.41) is 6.26. The van der Waals surface area contributed by atoms with Crippen LogP contribution in [0, 0.1) is 0 Å². The molecule has 2 heterocycles. The lowest BCUT2D eigenvalue weighted by Crippen LogP contribution is -2.45. The minimum Gasteiger partial charge on any atom is -0.465 e. The Morgan fingerprint density at radius 3 is 2.57 bits per heavy atom. The zero-order valence-electron chi connectivity index (χ0n) is 14.8. The van der Waals surface area contributed by atoms with Crippen LogP contribution in [0.1, 0.15) is 29.8 Å². The molecule has 146 valence electrons. The predicted molar refractivity (Wildman–Crippen MR) is 114 cm³/mol. The van der Waals surface area contributed by atoms with Crippen LogP contribution < -0.4 is 5.32 Å². The first kappa shape index (κ1) is 19.9. The number of ether oxygens (including phenoxy) is 1. The molecule has 1 aliphatic rings. The first-order chi connectivity index (χ1) is 13.4. The third kappa shape index (κ3) is 3.49. The van der Waals surface area contributed by atoms with Gasteiger partial charge in [0.1, 0.15) is 6.04 Å². The molecule has 4 nitrogen and oxygen atoms in total. The topological polar surface area (TPSA) is 54.1 Å². The SMILES string of the molecule is CCOC(=O)[C@@H]1Cc2c([nH]c3cc(Cl)c(Cl)cc23)[C@H](c2ccc(Cl)cc2Cl)N1. The van der Waals surface area contributed by atoms with E-state index in [9.17, 15) is 4.79 Å². The van der Waals surface area contributed by atoms with E-state index in [0.29, 0.717) is 33.1 Å². The number of rotatable bonds is 3. The number of hydrogen-bond donors (Lipinski definition) is 2. The Kier molecular flexibility index (Phi) is 5.51. The molecule has 2 atom stereocenters. The molecular formula is C20H16Cl4N2O2. The predicted octanol–water partition coefficient (Wildman–Crippen LogP) is 5.95. The van der Waals surface area contributed by atoms with Gasteiger partial charge in [-0.15, -0.1) is 0 Å². The first-order valence-electron chi connectivity index (χ1n) is 8.76. The van der Waals surface area contributed by atoms with Crippen LogP contribution in [0.3, 0.4) is 0 Å². The van der Waals surface area contributed by atoms with Crippen molar-refractivity contribution in [2.45, 2.75) is 25.4 Å². The highest BCUT2D eigenvalue weighted by Gasteiger charge is 2.35. The lowest BCUT2D eigenvalue weighted by Gasteiger charge is -2.31. The molecule has 0 radical (unpaired) electrons. The molecule has 2 N–H and O–H groups in total. The van der Waals surface area contributed by atoms with Crippen molar-refractivity contribution >= 4 is 63.3 Å². The van der Waals surface area contributed by atoms with Gasteiger partial charge in [-0.05, 0) is 42.3 Å². The minimum absolute atomic E-state index is 0.308. The zero-order chi connectivity index (χ0) is 20.0. The van der Waals surface area contributed by atoms with Crippen molar-refractivity contribution in [2.24, 2.45) is 0 Å². The summed E-state index contributed by atoms with van der Waals surface area (Å²) in [5.74, 6) is -0.308. The molecule has 2 aromatic carbocycles. The molecule has 0 amide bonds. The zero-order valence-corrected chi connectivity index (χ0v) is 17.8. The summed E-state index contributed by atoms with van der Waals surface area (Å²) >= 11 is 25.0. The van der Waals surface area contributed by atoms with Gasteiger partial charge in [0, 0.05) is 33.1 Å². The molecule has 0 saturated carbocycles. The van der Waals surface area contributed by atoms with Gasteiger partial charge in [-0.1, -0.05) is 52.5 Å². The Labute approximate surface area is 182 Å². The number of carbonyl (C=O) groups excluding carboxylic acids is 1. The Balaban J connectivity index is 1.89. The number of nitrogens with one attached hydrogen (secondary N) is 2. The van der Waals surface area contributed by atoms with Gasteiger partial charge in [0.05, 0.1) is 22.7 Å². The van der Waals surface area contributed by atoms with E-state index in [1.807, 2.05) is 12.1 Å². The van der Waals surface area contributed by atoms with Crippen molar-refractivity contribution < 1.29 is 9.53 Å². The fourth-order valence-electron chi connectivity index (χ4n) is 3.65. The molecule has 4 rings (SSSR count). The first-order valence-corrected chi connectivity index (χ1v) is 10.3. The summed E-state index contributed by atoms with van der Waals surface area (Å²) in [7, 11) is 0. The van der Waals surface area contributed by atoms with E-state index >= 15 is 0 Å². The van der Waals surface area contributed by atoms with Gasteiger partial charge < -0.3 is 9.72 Å². The number of esters is 1. The van der Waals surface area contributed by atoms with E-state index < -0.39 is 6.04 Å². The molecule has 0 aliphatic carbocycles. The van der Waals surface area contributed by atoms with Gasteiger partial charge in [0.2, 0.25) is 0 Å². The molecule has 0 saturated heterocycles. The van der Waals surface area contributed by atoms with Crippen molar-refractivity contribution in [2.75, 3.05) is 6.61 Å². The third-order valence-electron chi connectivity index (χ3n) is 4.89. The van der Waals surface area contributed by atoms with E-state index in [-0.39, 0.29) is 12.0 Å². The van der Waals surface area contributed by atoms with Gasteiger partial charge >= 0.3 is 5.97 Å². The fourth-order valence-corrected chi connectivity index (χ4v) is 4.50. The van der Waals surface area contributed by atoms with Crippen molar-refractivity contribution in [3.63, 3.8) is 0 Å². The van der Waals surface area contributed by atoms with Crippen molar-refractivity contribution in [3.05, 3.63) is 67.2 Å². The van der Waals surface area contributed by atoms with E-state index in [0.717, 1.165) is 27.7 Å². The summed E-state index contributed by atoms with van der Waals surface area (Å²) in [5.41, 5.74) is 3.56. The molecule has 1 aliphatic heterocycles. The number of halogens is 4. The number of carbonyl (C=O) groups is 1. The van der Waals surface area contributed by atoms with Gasteiger partial charge in [-0.3, -0.25) is 10.1 Å². The van der Waals surface area contributed by atoms with Crippen LogP contribution in [0.15, 0.2) is 30.3 Å².